The Bertz CT molecular complexity index is 705. The van der Waals surface area contributed by atoms with Gasteiger partial charge in [-0.2, -0.15) is 0 Å². The van der Waals surface area contributed by atoms with E-state index in [1.807, 2.05) is 30.3 Å². The van der Waals surface area contributed by atoms with Gasteiger partial charge in [-0.05, 0) is 37.0 Å². The topological polar surface area (TPSA) is 58.2 Å². The molecule has 0 aliphatic carbocycles. The number of amides is 2. The van der Waals surface area contributed by atoms with Crippen molar-refractivity contribution in [3.8, 4) is 0 Å². The van der Waals surface area contributed by atoms with Crippen molar-refractivity contribution in [2.45, 2.75) is 19.3 Å². The van der Waals surface area contributed by atoms with Gasteiger partial charge in [-0.15, -0.1) is 0 Å². The van der Waals surface area contributed by atoms with Crippen molar-refractivity contribution in [2.75, 3.05) is 11.9 Å². The van der Waals surface area contributed by atoms with E-state index >= 15 is 0 Å². The molecular weight excluding hydrogens is 314 g/mol. The molecular formula is C18H18F2N2O2. The fourth-order valence-corrected chi connectivity index (χ4v) is 2.15. The second kappa shape index (κ2) is 8.76. The fraction of sp³-hybridized carbons (Fsp3) is 0.222. The zero-order valence-electron chi connectivity index (χ0n) is 13.0. The highest BCUT2D eigenvalue weighted by atomic mass is 19.1. The van der Waals surface area contributed by atoms with Gasteiger partial charge in [0.05, 0.1) is 5.69 Å². The molecule has 0 atom stereocenters. The van der Waals surface area contributed by atoms with E-state index in [9.17, 15) is 18.4 Å². The van der Waals surface area contributed by atoms with E-state index in [-0.39, 0.29) is 5.69 Å². The van der Waals surface area contributed by atoms with Gasteiger partial charge in [-0.1, -0.05) is 30.3 Å². The molecule has 0 bridgehead atoms. The number of unbranched alkanes of at least 4 members (excludes halogenated alkanes) is 1. The van der Waals surface area contributed by atoms with Crippen molar-refractivity contribution >= 4 is 17.5 Å². The van der Waals surface area contributed by atoms with E-state index in [1.165, 1.54) is 5.56 Å². The van der Waals surface area contributed by atoms with Crippen molar-refractivity contribution < 1.29 is 18.4 Å². The fourth-order valence-electron chi connectivity index (χ4n) is 2.15. The van der Waals surface area contributed by atoms with Crippen molar-refractivity contribution in [1.29, 1.82) is 0 Å². The molecule has 0 fully saturated rings. The van der Waals surface area contributed by atoms with Gasteiger partial charge in [0.15, 0.2) is 0 Å². The number of carbonyl (C=O) groups is 2. The summed E-state index contributed by atoms with van der Waals surface area (Å²) in [7, 11) is 0. The average molecular weight is 332 g/mol. The van der Waals surface area contributed by atoms with Crippen molar-refractivity contribution in [1.82, 2.24) is 5.32 Å². The molecule has 0 heterocycles. The van der Waals surface area contributed by atoms with Crippen LogP contribution in [0.1, 0.15) is 18.4 Å². The van der Waals surface area contributed by atoms with E-state index in [0.29, 0.717) is 12.6 Å². The van der Waals surface area contributed by atoms with Gasteiger partial charge >= 0.3 is 11.8 Å². The summed E-state index contributed by atoms with van der Waals surface area (Å²) in [4.78, 5) is 23.3. The Kier molecular flexibility index (Phi) is 6.42. The van der Waals surface area contributed by atoms with E-state index in [0.717, 1.165) is 31.4 Å². The average Bonchev–Trinajstić information content (AvgIpc) is 2.57. The molecule has 0 spiro atoms. The molecule has 4 nitrogen and oxygen atoms in total. The minimum absolute atomic E-state index is 0.236. The van der Waals surface area contributed by atoms with Crippen molar-refractivity contribution in [2.24, 2.45) is 0 Å². The zero-order valence-corrected chi connectivity index (χ0v) is 13.0. The molecule has 0 unspecified atom stereocenters. The maximum absolute atomic E-state index is 13.4. The van der Waals surface area contributed by atoms with Crippen LogP contribution in [0.2, 0.25) is 0 Å². The van der Waals surface area contributed by atoms with E-state index in [1.54, 1.807) is 0 Å². The third kappa shape index (κ3) is 5.46. The van der Waals surface area contributed by atoms with Gasteiger partial charge in [0, 0.05) is 12.6 Å². The van der Waals surface area contributed by atoms with Crippen LogP contribution in [0.3, 0.4) is 0 Å². The Labute approximate surface area is 138 Å². The summed E-state index contributed by atoms with van der Waals surface area (Å²) in [6, 6.07) is 12.7. The molecule has 126 valence electrons. The van der Waals surface area contributed by atoms with Gasteiger partial charge in [0.2, 0.25) is 0 Å². The number of rotatable bonds is 6. The highest BCUT2D eigenvalue weighted by Gasteiger charge is 2.15. The molecule has 0 saturated heterocycles. The Balaban J connectivity index is 1.69. The standard InChI is InChI=1S/C18H18F2N2O2/c19-14-9-10-16(15(20)12-14)22-18(24)17(23)21-11-5-4-8-13-6-2-1-3-7-13/h1-3,6-7,9-10,12H,4-5,8,11H2,(H,21,23)(H,22,24). The molecule has 2 aromatic rings. The molecule has 2 rings (SSSR count). The monoisotopic (exact) mass is 332 g/mol. The highest BCUT2D eigenvalue weighted by molar-refractivity contribution is 6.39. The smallest absolute Gasteiger partial charge is 0.313 e. The van der Waals surface area contributed by atoms with Crippen LogP contribution in [0.15, 0.2) is 48.5 Å². The quantitative estimate of drug-likeness (QED) is 0.631. The van der Waals surface area contributed by atoms with Gasteiger partial charge in [0.1, 0.15) is 11.6 Å². The summed E-state index contributed by atoms with van der Waals surface area (Å²) < 4.78 is 26.2. The predicted octanol–water partition coefficient (Wildman–Crippen LogP) is 3.04. The van der Waals surface area contributed by atoms with E-state index in [4.69, 9.17) is 0 Å². The maximum Gasteiger partial charge on any atom is 0.313 e. The lowest BCUT2D eigenvalue weighted by Gasteiger charge is -2.07. The van der Waals surface area contributed by atoms with Crippen LogP contribution in [-0.4, -0.2) is 18.4 Å². The van der Waals surface area contributed by atoms with Crippen LogP contribution in [0.4, 0.5) is 14.5 Å². The predicted molar refractivity (Wildman–Crippen MR) is 87.4 cm³/mol. The van der Waals surface area contributed by atoms with Crippen LogP contribution >= 0.6 is 0 Å². The molecule has 2 N–H and O–H groups in total. The van der Waals surface area contributed by atoms with Gasteiger partial charge in [-0.25, -0.2) is 8.78 Å². The second-order valence-corrected chi connectivity index (χ2v) is 5.28. The Morgan fingerprint density at radius 2 is 1.67 bits per heavy atom. The van der Waals surface area contributed by atoms with Gasteiger partial charge < -0.3 is 10.6 Å². The number of carbonyl (C=O) groups excluding carboxylic acids is 2. The van der Waals surface area contributed by atoms with Crippen LogP contribution in [-0.2, 0) is 16.0 Å². The molecule has 0 aliphatic heterocycles. The first-order valence-electron chi connectivity index (χ1n) is 7.64. The summed E-state index contributed by atoms with van der Waals surface area (Å²) in [5.74, 6) is -3.52. The number of aryl methyl sites for hydroxylation is 1. The third-order valence-corrected chi connectivity index (χ3v) is 3.41. The minimum Gasteiger partial charge on any atom is -0.348 e. The summed E-state index contributed by atoms with van der Waals surface area (Å²) >= 11 is 0. The first kappa shape index (κ1) is 17.6. The molecule has 0 aliphatic rings. The van der Waals surface area contributed by atoms with Crippen molar-refractivity contribution in [3.05, 3.63) is 65.7 Å². The van der Waals surface area contributed by atoms with Crippen molar-refractivity contribution in [3.63, 3.8) is 0 Å². The molecule has 6 heteroatoms. The second-order valence-electron chi connectivity index (χ2n) is 5.28. The molecule has 2 amide bonds. The molecule has 24 heavy (non-hydrogen) atoms. The third-order valence-electron chi connectivity index (χ3n) is 3.41. The zero-order chi connectivity index (χ0) is 17.4. The normalized spacial score (nSPS) is 10.2. The SMILES string of the molecule is O=C(NCCCCc1ccccc1)C(=O)Nc1ccc(F)cc1F. The van der Waals surface area contributed by atoms with E-state index in [2.05, 4.69) is 10.6 Å². The molecule has 0 radical (unpaired) electrons. The first-order chi connectivity index (χ1) is 11.6. The molecule has 0 saturated carbocycles. The maximum atomic E-state index is 13.4. The van der Waals surface area contributed by atoms with Gasteiger partial charge in [-0.3, -0.25) is 9.59 Å². The number of anilines is 1. The van der Waals surface area contributed by atoms with Crippen LogP contribution in [0.5, 0.6) is 0 Å². The Morgan fingerprint density at radius 1 is 0.917 bits per heavy atom. The lowest BCUT2D eigenvalue weighted by atomic mass is 10.1. The van der Waals surface area contributed by atoms with E-state index < -0.39 is 23.4 Å². The van der Waals surface area contributed by atoms with Gasteiger partial charge in [0.25, 0.3) is 0 Å². The lowest BCUT2D eigenvalue weighted by Crippen LogP contribution is -2.36. The number of hydrogen-bond acceptors (Lipinski definition) is 2. The molecule has 0 aromatic heterocycles. The number of nitrogens with one attached hydrogen (secondary N) is 2. The highest BCUT2D eigenvalue weighted by Crippen LogP contribution is 2.14. The lowest BCUT2D eigenvalue weighted by molar-refractivity contribution is -0.136. The Hall–Kier alpha value is -2.76. The summed E-state index contributed by atoms with van der Waals surface area (Å²) in [5, 5.41) is 4.58. The van der Waals surface area contributed by atoms with Crippen LogP contribution in [0, 0.1) is 11.6 Å². The first-order valence-corrected chi connectivity index (χ1v) is 7.64. The summed E-state index contributed by atoms with van der Waals surface area (Å²) in [6.07, 6.45) is 2.49. The van der Waals surface area contributed by atoms with Crippen LogP contribution in [0.25, 0.3) is 0 Å². The summed E-state index contributed by atoms with van der Waals surface area (Å²) in [5.41, 5.74) is 0.981. The number of benzene rings is 2. The number of hydrogen-bond donors (Lipinski definition) is 2. The molecule has 2 aromatic carbocycles. The largest absolute Gasteiger partial charge is 0.348 e. The van der Waals surface area contributed by atoms with Crippen LogP contribution < -0.4 is 10.6 Å². The number of halogens is 2. The summed E-state index contributed by atoms with van der Waals surface area (Å²) in [6.45, 7) is 0.352. The minimum atomic E-state index is -0.983. The Morgan fingerprint density at radius 3 is 2.38 bits per heavy atom.